The SMILES string of the molecule is CC12CCCCC1(c1ccccc1)c1ccccc1N2. The van der Waals surface area contributed by atoms with Crippen molar-refractivity contribution >= 4 is 5.69 Å². The number of benzene rings is 2. The molecule has 20 heavy (non-hydrogen) atoms. The molecule has 0 amide bonds. The van der Waals surface area contributed by atoms with Crippen LogP contribution >= 0.6 is 0 Å². The summed E-state index contributed by atoms with van der Waals surface area (Å²) in [6.45, 7) is 2.42. The highest BCUT2D eigenvalue weighted by molar-refractivity contribution is 5.68. The largest absolute Gasteiger partial charge is 0.378 e. The van der Waals surface area contributed by atoms with Gasteiger partial charge in [-0.3, -0.25) is 0 Å². The first kappa shape index (κ1) is 12.0. The highest BCUT2D eigenvalue weighted by Crippen LogP contribution is 2.58. The molecule has 2 aliphatic rings. The average molecular weight is 263 g/mol. The molecular weight excluding hydrogens is 242 g/mol. The minimum atomic E-state index is 0.142. The third-order valence-corrected chi connectivity index (χ3v) is 5.48. The van der Waals surface area contributed by atoms with Gasteiger partial charge in [-0.2, -0.15) is 0 Å². The van der Waals surface area contributed by atoms with E-state index in [4.69, 9.17) is 0 Å². The quantitative estimate of drug-likeness (QED) is 0.784. The summed E-state index contributed by atoms with van der Waals surface area (Å²) in [4.78, 5) is 0. The molecule has 1 aliphatic heterocycles. The summed E-state index contributed by atoms with van der Waals surface area (Å²) in [6, 6.07) is 20.0. The minimum Gasteiger partial charge on any atom is -0.378 e. The van der Waals surface area contributed by atoms with Crippen LogP contribution in [-0.2, 0) is 5.41 Å². The fourth-order valence-electron chi connectivity index (χ4n) is 4.56. The lowest BCUT2D eigenvalue weighted by atomic mass is 9.57. The van der Waals surface area contributed by atoms with Gasteiger partial charge in [0.25, 0.3) is 0 Å². The number of anilines is 1. The van der Waals surface area contributed by atoms with E-state index in [9.17, 15) is 0 Å². The number of hydrogen-bond donors (Lipinski definition) is 1. The van der Waals surface area contributed by atoms with Crippen LogP contribution in [0.5, 0.6) is 0 Å². The fraction of sp³-hybridized carbons (Fsp3) is 0.368. The van der Waals surface area contributed by atoms with Crippen molar-refractivity contribution in [1.82, 2.24) is 0 Å². The normalized spacial score (nSPS) is 31.2. The molecule has 0 bridgehead atoms. The Morgan fingerprint density at radius 2 is 1.55 bits per heavy atom. The van der Waals surface area contributed by atoms with Crippen molar-refractivity contribution in [3.8, 4) is 0 Å². The minimum absolute atomic E-state index is 0.142. The van der Waals surface area contributed by atoms with Gasteiger partial charge in [-0.25, -0.2) is 0 Å². The predicted octanol–water partition coefficient (Wildman–Crippen LogP) is 4.73. The molecule has 1 heteroatoms. The van der Waals surface area contributed by atoms with Crippen LogP contribution in [0.25, 0.3) is 0 Å². The van der Waals surface area contributed by atoms with Crippen molar-refractivity contribution in [2.24, 2.45) is 0 Å². The van der Waals surface area contributed by atoms with Gasteiger partial charge < -0.3 is 5.32 Å². The fourth-order valence-corrected chi connectivity index (χ4v) is 4.56. The van der Waals surface area contributed by atoms with E-state index in [1.54, 1.807) is 0 Å². The molecule has 2 atom stereocenters. The maximum absolute atomic E-state index is 3.85. The molecule has 102 valence electrons. The first-order valence-electron chi connectivity index (χ1n) is 7.70. The van der Waals surface area contributed by atoms with Gasteiger partial charge in [0.1, 0.15) is 0 Å². The highest BCUT2D eigenvalue weighted by Gasteiger charge is 2.56. The molecule has 1 aliphatic carbocycles. The molecule has 1 nitrogen and oxygen atoms in total. The lowest BCUT2D eigenvalue weighted by Crippen LogP contribution is -2.52. The van der Waals surface area contributed by atoms with Gasteiger partial charge >= 0.3 is 0 Å². The molecule has 1 N–H and O–H groups in total. The van der Waals surface area contributed by atoms with Crippen LogP contribution in [0.15, 0.2) is 54.6 Å². The van der Waals surface area contributed by atoms with E-state index >= 15 is 0 Å². The predicted molar refractivity (Wildman–Crippen MR) is 84.2 cm³/mol. The third kappa shape index (κ3) is 1.38. The van der Waals surface area contributed by atoms with E-state index in [2.05, 4.69) is 66.8 Å². The second-order valence-corrected chi connectivity index (χ2v) is 6.48. The molecule has 0 spiro atoms. The summed E-state index contributed by atoms with van der Waals surface area (Å²) in [7, 11) is 0. The van der Waals surface area contributed by atoms with Gasteiger partial charge in [0.05, 0.1) is 0 Å². The molecule has 0 saturated heterocycles. The monoisotopic (exact) mass is 263 g/mol. The summed E-state index contributed by atoms with van der Waals surface area (Å²) in [5, 5.41) is 3.85. The Kier molecular flexibility index (Phi) is 2.47. The van der Waals surface area contributed by atoms with Crippen LogP contribution in [-0.4, -0.2) is 5.54 Å². The molecule has 1 fully saturated rings. The van der Waals surface area contributed by atoms with Gasteiger partial charge in [0.2, 0.25) is 0 Å². The van der Waals surface area contributed by atoms with Crippen molar-refractivity contribution in [2.75, 3.05) is 5.32 Å². The Morgan fingerprint density at radius 3 is 2.40 bits per heavy atom. The van der Waals surface area contributed by atoms with Crippen LogP contribution in [0.2, 0.25) is 0 Å². The van der Waals surface area contributed by atoms with Gasteiger partial charge in [-0.1, -0.05) is 61.4 Å². The number of rotatable bonds is 1. The second kappa shape index (κ2) is 4.12. The summed E-state index contributed by atoms with van der Waals surface area (Å²) in [5.41, 5.74) is 4.59. The van der Waals surface area contributed by atoms with E-state index in [0.29, 0.717) is 0 Å². The van der Waals surface area contributed by atoms with Crippen LogP contribution in [0.3, 0.4) is 0 Å². The average Bonchev–Trinajstić information content (AvgIpc) is 2.77. The van der Waals surface area contributed by atoms with Crippen LogP contribution in [0.4, 0.5) is 5.69 Å². The second-order valence-electron chi connectivity index (χ2n) is 6.48. The van der Waals surface area contributed by atoms with E-state index in [1.807, 2.05) is 0 Å². The zero-order valence-corrected chi connectivity index (χ0v) is 12.0. The first-order valence-corrected chi connectivity index (χ1v) is 7.70. The van der Waals surface area contributed by atoms with Gasteiger partial charge in [-0.15, -0.1) is 0 Å². The first-order chi connectivity index (χ1) is 9.76. The van der Waals surface area contributed by atoms with Crippen molar-refractivity contribution in [1.29, 1.82) is 0 Å². The Bertz CT molecular complexity index is 633. The van der Waals surface area contributed by atoms with E-state index in [1.165, 1.54) is 42.5 Å². The summed E-state index contributed by atoms with van der Waals surface area (Å²) in [6.07, 6.45) is 5.14. The molecule has 2 aromatic carbocycles. The number of para-hydroxylation sites is 1. The summed E-state index contributed by atoms with van der Waals surface area (Å²) in [5.74, 6) is 0. The standard InChI is InChI=1S/C19H21N/c1-18-13-7-8-14-19(18,15-9-3-2-4-10-15)16-11-5-6-12-17(16)20-18/h2-6,9-12,20H,7-8,13-14H2,1H3. The Balaban J connectivity index is 2.01. The molecular formula is C19H21N. The Labute approximate surface area is 121 Å². The molecule has 0 radical (unpaired) electrons. The van der Waals surface area contributed by atoms with Crippen molar-refractivity contribution < 1.29 is 0 Å². The molecule has 2 unspecified atom stereocenters. The van der Waals surface area contributed by atoms with E-state index < -0.39 is 0 Å². The number of hydrogen-bond acceptors (Lipinski definition) is 1. The number of nitrogens with one attached hydrogen (secondary N) is 1. The van der Waals surface area contributed by atoms with Crippen LogP contribution in [0.1, 0.15) is 43.7 Å². The van der Waals surface area contributed by atoms with E-state index in [0.717, 1.165) is 0 Å². The molecule has 0 aromatic heterocycles. The molecule has 4 rings (SSSR count). The third-order valence-electron chi connectivity index (χ3n) is 5.48. The van der Waals surface area contributed by atoms with Crippen LogP contribution < -0.4 is 5.32 Å². The lowest BCUT2D eigenvalue weighted by molar-refractivity contribution is 0.235. The Morgan fingerprint density at radius 1 is 0.850 bits per heavy atom. The highest BCUT2D eigenvalue weighted by atomic mass is 15.0. The van der Waals surface area contributed by atoms with Crippen LogP contribution in [0, 0.1) is 0 Å². The number of fused-ring (bicyclic) bond motifs is 3. The van der Waals surface area contributed by atoms with Gasteiger partial charge in [0, 0.05) is 16.6 Å². The maximum atomic E-state index is 3.85. The van der Waals surface area contributed by atoms with Gasteiger partial charge in [-0.05, 0) is 37.0 Å². The molecule has 2 aromatic rings. The smallest absolute Gasteiger partial charge is 0.0483 e. The van der Waals surface area contributed by atoms with Crippen molar-refractivity contribution in [2.45, 2.75) is 43.6 Å². The zero-order chi connectivity index (χ0) is 13.6. The Hall–Kier alpha value is -1.76. The summed E-state index contributed by atoms with van der Waals surface area (Å²) < 4.78 is 0. The van der Waals surface area contributed by atoms with E-state index in [-0.39, 0.29) is 11.0 Å². The van der Waals surface area contributed by atoms with Crippen molar-refractivity contribution in [3.05, 3.63) is 65.7 Å². The molecule has 1 saturated carbocycles. The zero-order valence-electron chi connectivity index (χ0n) is 12.0. The maximum Gasteiger partial charge on any atom is 0.0483 e. The summed E-state index contributed by atoms with van der Waals surface area (Å²) >= 11 is 0. The topological polar surface area (TPSA) is 12.0 Å². The van der Waals surface area contributed by atoms with Crippen molar-refractivity contribution in [3.63, 3.8) is 0 Å². The lowest BCUT2D eigenvalue weighted by Gasteiger charge is -2.48. The molecule has 1 heterocycles. The van der Waals surface area contributed by atoms with Gasteiger partial charge in [0.15, 0.2) is 0 Å².